The van der Waals surface area contributed by atoms with E-state index in [2.05, 4.69) is 16.1 Å². The smallest absolute Gasteiger partial charge is 0.127 e. The molecule has 0 N–H and O–H groups in total. The number of nitrogens with zero attached hydrogens (tertiary/aromatic N) is 4. The van der Waals surface area contributed by atoms with Crippen molar-refractivity contribution in [2.75, 3.05) is 6.54 Å². The number of rotatable bonds is 4. The molecule has 0 radical (unpaired) electrons. The second kappa shape index (κ2) is 6.71. The van der Waals surface area contributed by atoms with E-state index in [1.165, 1.54) is 18.6 Å². The van der Waals surface area contributed by atoms with Crippen molar-refractivity contribution in [1.82, 2.24) is 14.7 Å². The van der Waals surface area contributed by atoms with Gasteiger partial charge in [-0.25, -0.2) is 4.39 Å². The lowest BCUT2D eigenvalue weighted by atomic mass is 10.0. The van der Waals surface area contributed by atoms with Gasteiger partial charge in [0.2, 0.25) is 0 Å². The summed E-state index contributed by atoms with van der Waals surface area (Å²) in [7, 11) is 0. The summed E-state index contributed by atoms with van der Waals surface area (Å²) in [6.45, 7) is 2.34. The average molecular weight is 298 g/mol. The van der Waals surface area contributed by atoms with Crippen molar-refractivity contribution in [2.45, 2.75) is 38.4 Å². The van der Waals surface area contributed by atoms with Crippen LogP contribution in [0.15, 0.2) is 36.7 Å². The lowest BCUT2D eigenvalue weighted by molar-refractivity contribution is 0.120. The molecule has 4 nitrogen and oxygen atoms in total. The molecule has 1 aliphatic rings. The Bertz CT molecular complexity index is 660. The Kier molecular flexibility index (Phi) is 4.50. The van der Waals surface area contributed by atoms with Crippen molar-refractivity contribution >= 4 is 0 Å². The summed E-state index contributed by atoms with van der Waals surface area (Å²) in [5.74, 6) is -0.234. The monoisotopic (exact) mass is 298 g/mol. The number of halogens is 1. The zero-order valence-electron chi connectivity index (χ0n) is 12.5. The van der Waals surface area contributed by atoms with E-state index in [4.69, 9.17) is 5.26 Å². The maximum Gasteiger partial charge on any atom is 0.127 e. The number of nitriles is 1. The summed E-state index contributed by atoms with van der Waals surface area (Å²) in [5.41, 5.74) is 1.11. The molecule has 1 atom stereocenters. The molecule has 0 amide bonds. The first-order valence-corrected chi connectivity index (χ1v) is 7.66. The number of likely N-dealkylation sites (tertiary alicyclic amines) is 1. The van der Waals surface area contributed by atoms with Crippen molar-refractivity contribution in [3.8, 4) is 6.07 Å². The van der Waals surface area contributed by atoms with E-state index >= 15 is 0 Å². The van der Waals surface area contributed by atoms with E-state index in [9.17, 15) is 4.39 Å². The van der Waals surface area contributed by atoms with Crippen LogP contribution >= 0.6 is 0 Å². The van der Waals surface area contributed by atoms with Crippen LogP contribution in [0.4, 0.5) is 4.39 Å². The molecule has 1 fully saturated rings. The molecule has 22 heavy (non-hydrogen) atoms. The van der Waals surface area contributed by atoms with E-state index in [1.54, 1.807) is 12.3 Å². The molecule has 0 bridgehead atoms. The van der Waals surface area contributed by atoms with Crippen molar-refractivity contribution in [1.29, 1.82) is 5.26 Å². The number of hydrogen-bond acceptors (Lipinski definition) is 3. The number of piperidine rings is 1. The van der Waals surface area contributed by atoms with Gasteiger partial charge in [-0.05, 0) is 43.7 Å². The molecule has 1 aliphatic heterocycles. The van der Waals surface area contributed by atoms with Gasteiger partial charge in [-0.2, -0.15) is 10.4 Å². The number of aromatic nitrogens is 2. The fraction of sp³-hybridized carbons (Fsp3) is 0.412. The third-order valence-electron chi connectivity index (χ3n) is 4.25. The van der Waals surface area contributed by atoms with Crippen LogP contribution in [0.5, 0.6) is 0 Å². The minimum absolute atomic E-state index is 0.234. The summed E-state index contributed by atoms with van der Waals surface area (Å²) in [5, 5.41) is 13.3. The Morgan fingerprint density at radius 2 is 2.27 bits per heavy atom. The van der Waals surface area contributed by atoms with Crippen LogP contribution < -0.4 is 0 Å². The number of hydrogen-bond donors (Lipinski definition) is 0. The normalized spacial score (nSPS) is 19.0. The zero-order chi connectivity index (χ0) is 15.4. The summed E-state index contributed by atoms with van der Waals surface area (Å²) in [4.78, 5) is 2.31. The van der Waals surface area contributed by atoms with Crippen LogP contribution in [0.3, 0.4) is 0 Å². The van der Waals surface area contributed by atoms with Gasteiger partial charge in [0.05, 0.1) is 18.2 Å². The molecule has 0 saturated carbocycles. The molecule has 1 saturated heterocycles. The van der Waals surface area contributed by atoms with Gasteiger partial charge in [0.1, 0.15) is 5.82 Å². The van der Waals surface area contributed by atoms with Gasteiger partial charge in [-0.1, -0.05) is 6.42 Å². The van der Waals surface area contributed by atoms with E-state index < -0.39 is 0 Å². The van der Waals surface area contributed by atoms with Gasteiger partial charge in [0.25, 0.3) is 0 Å². The quantitative estimate of drug-likeness (QED) is 0.871. The SMILES string of the molecule is N#Cc1ccc(F)c(CN2CCCC[C@H]2Cn2cccn2)c1. The minimum Gasteiger partial charge on any atom is -0.294 e. The Hall–Kier alpha value is -2.19. The highest BCUT2D eigenvalue weighted by atomic mass is 19.1. The van der Waals surface area contributed by atoms with Crippen LogP contribution in [-0.4, -0.2) is 27.3 Å². The predicted octanol–water partition coefficient (Wildman–Crippen LogP) is 2.95. The summed E-state index contributed by atoms with van der Waals surface area (Å²) in [6, 6.07) is 8.93. The van der Waals surface area contributed by atoms with E-state index in [0.29, 0.717) is 23.7 Å². The van der Waals surface area contributed by atoms with E-state index in [0.717, 1.165) is 25.9 Å². The fourth-order valence-electron chi connectivity index (χ4n) is 3.08. The average Bonchev–Trinajstić information content (AvgIpc) is 3.04. The zero-order valence-corrected chi connectivity index (χ0v) is 12.5. The second-order valence-electron chi connectivity index (χ2n) is 5.77. The standard InChI is InChI=1S/C17H19FN4/c18-17-6-5-14(11-19)10-15(17)12-21-8-2-1-4-16(21)13-22-9-3-7-20-22/h3,5-7,9-10,16H,1-2,4,8,12-13H2/t16-/m0/s1. The third kappa shape index (κ3) is 3.34. The summed E-state index contributed by atoms with van der Waals surface area (Å²) < 4.78 is 15.9. The van der Waals surface area contributed by atoms with Crippen LogP contribution in [0.2, 0.25) is 0 Å². The Morgan fingerprint density at radius 1 is 1.36 bits per heavy atom. The topological polar surface area (TPSA) is 44.9 Å². The summed E-state index contributed by atoms with van der Waals surface area (Å²) >= 11 is 0. The summed E-state index contributed by atoms with van der Waals surface area (Å²) in [6.07, 6.45) is 7.17. The van der Waals surface area contributed by atoms with Gasteiger partial charge in [-0.15, -0.1) is 0 Å². The first kappa shape index (κ1) is 14.7. The van der Waals surface area contributed by atoms with Gasteiger partial charge in [-0.3, -0.25) is 9.58 Å². The van der Waals surface area contributed by atoms with Crippen LogP contribution in [0.1, 0.15) is 30.4 Å². The Morgan fingerprint density at radius 3 is 3.05 bits per heavy atom. The van der Waals surface area contributed by atoms with Gasteiger partial charge < -0.3 is 0 Å². The highest BCUT2D eigenvalue weighted by molar-refractivity contribution is 5.33. The Labute approximate surface area is 129 Å². The molecule has 0 aliphatic carbocycles. The molecular formula is C17H19FN4. The van der Waals surface area contributed by atoms with Crippen molar-refractivity contribution in [2.24, 2.45) is 0 Å². The first-order valence-electron chi connectivity index (χ1n) is 7.66. The van der Waals surface area contributed by atoms with Crippen LogP contribution in [-0.2, 0) is 13.1 Å². The highest BCUT2D eigenvalue weighted by Gasteiger charge is 2.24. The lowest BCUT2D eigenvalue weighted by Crippen LogP contribution is -2.41. The van der Waals surface area contributed by atoms with Crippen molar-refractivity contribution < 1.29 is 4.39 Å². The van der Waals surface area contributed by atoms with Gasteiger partial charge in [0, 0.05) is 30.5 Å². The molecular weight excluding hydrogens is 279 g/mol. The largest absolute Gasteiger partial charge is 0.294 e. The maximum atomic E-state index is 14.0. The van der Waals surface area contributed by atoms with E-state index in [-0.39, 0.29) is 5.82 Å². The predicted molar refractivity (Wildman–Crippen MR) is 81.4 cm³/mol. The van der Waals surface area contributed by atoms with Crippen LogP contribution in [0, 0.1) is 17.1 Å². The molecule has 1 aromatic heterocycles. The molecule has 2 aromatic rings. The van der Waals surface area contributed by atoms with Crippen molar-refractivity contribution in [3.05, 3.63) is 53.6 Å². The molecule has 3 rings (SSSR count). The molecule has 2 heterocycles. The highest BCUT2D eigenvalue weighted by Crippen LogP contribution is 2.22. The molecule has 114 valence electrons. The Balaban J connectivity index is 1.75. The number of benzene rings is 1. The van der Waals surface area contributed by atoms with Gasteiger partial charge >= 0.3 is 0 Å². The molecule has 1 aromatic carbocycles. The van der Waals surface area contributed by atoms with Crippen molar-refractivity contribution in [3.63, 3.8) is 0 Å². The molecule has 5 heteroatoms. The lowest BCUT2D eigenvalue weighted by Gasteiger charge is -2.35. The first-order chi connectivity index (χ1) is 10.8. The third-order valence-corrected chi connectivity index (χ3v) is 4.25. The molecule has 0 unspecified atom stereocenters. The maximum absolute atomic E-state index is 14.0. The second-order valence-corrected chi connectivity index (χ2v) is 5.77. The fourth-order valence-corrected chi connectivity index (χ4v) is 3.08. The minimum atomic E-state index is -0.234. The van der Waals surface area contributed by atoms with Crippen LogP contribution in [0.25, 0.3) is 0 Å². The molecule has 0 spiro atoms. The van der Waals surface area contributed by atoms with E-state index in [1.807, 2.05) is 16.9 Å². The van der Waals surface area contributed by atoms with Gasteiger partial charge in [0.15, 0.2) is 0 Å².